The van der Waals surface area contributed by atoms with E-state index in [4.69, 9.17) is 10.5 Å². The average molecular weight is 434 g/mol. The van der Waals surface area contributed by atoms with E-state index in [1.807, 2.05) is 13.8 Å². The van der Waals surface area contributed by atoms with Crippen LogP contribution in [0, 0.1) is 0 Å². The van der Waals surface area contributed by atoms with Gasteiger partial charge < -0.3 is 15.4 Å². The second-order valence-electron chi connectivity index (χ2n) is 7.15. The number of carbonyl (C=O) groups is 1. The third kappa shape index (κ3) is 6.15. The fourth-order valence-electron chi connectivity index (χ4n) is 2.97. The first-order valence-corrected chi connectivity index (χ1v) is 10.9. The summed E-state index contributed by atoms with van der Waals surface area (Å²) in [5.74, 6) is -0.139. The molecule has 9 heteroatoms. The number of sulfonamides is 1. The number of amides is 1. The predicted octanol–water partition coefficient (Wildman–Crippen LogP) is 2.11. The molecule has 1 fully saturated rings. The Balaban J connectivity index is 0.00000392. The highest BCUT2D eigenvalue weighted by atomic mass is 35.5. The summed E-state index contributed by atoms with van der Waals surface area (Å²) in [6, 6.07) is 6.13. The summed E-state index contributed by atoms with van der Waals surface area (Å²) in [4.78, 5) is 14.7. The van der Waals surface area contributed by atoms with E-state index in [-0.39, 0.29) is 35.4 Å². The zero-order chi connectivity index (χ0) is 20.0. The number of halogens is 1. The molecule has 0 unspecified atom stereocenters. The maximum absolute atomic E-state index is 12.8. The summed E-state index contributed by atoms with van der Waals surface area (Å²) in [7, 11) is -2.07. The van der Waals surface area contributed by atoms with Gasteiger partial charge in [-0.25, -0.2) is 8.42 Å². The molecule has 1 saturated heterocycles. The highest BCUT2D eigenvalue weighted by molar-refractivity contribution is 7.89. The molecule has 0 radical (unpaired) electrons. The van der Waals surface area contributed by atoms with Crippen molar-refractivity contribution in [2.45, 2.75) is 50.2 Å². The highest BCUT2D eigenvalue weighted by Gasteiger charge is 2.27. The number of benzene rings is 1. The van der Waals surface area contributed by atoms with Crippen LogP contribution in [-0.4, -0.2) is 69.0 Å². The normalized spacial score (nSPS) is 15.7. The van der Waals surface area contributed by atoms with Crippen molar-refractivity contribution in [3.63, 3.8) is 0 Å². The molecule has 1 aliphatic heterocycles. The Hall–Kier alpha value is -1.19. The zero-order valence-corrected chi connectivity index (χ0v) is 18.5. The predicted molar refractivity (Wildman–Crippen MR) is 112 cm³/mol. The van der Waals surface area contributed by atoms with Crippen molar-refractivity contribution >= 4 is 28.3 Å². The molecule has 0 spiro atoms. The lowest BCUT2D eigenvalue weighted by atomic mass is 10.1. The van der Waals surface area contributed by atoms with Gasteiger partial charge in [0, 0.05) is 38.3 Å². The van der Waals surface area contributed by atoms with E-state index in [9.17, 15) is 13.2 Å². The van der Waals surface area contributed by atoms with Gasteiger partial charge in [-0.15, -0.1) is 12.4 Å². The Morgan fingerprint density at radius 3 is 2.54 bits per heavy atom. The van der Waals surface area contributed by atoms with E-state index in [1.165, 1.54) is 16.4 Å². The van der Waals surface area contributed by atoms with Gasteiger partial charge >= 0.3 is 0 Å². The summed E-state index contributed by atoms with van der Waals surface area (Å²) in [5.41, 5.74) is 5.87. The molecule has 1 amide bonds. The van der Waals surface area contributed by atoms with Crippen molar-refractivity contribution in [2.24, 2.45) is 5.73 Å². The van der Waals surface area contributed by atoms with Gasteiger partial charge in [-0.05, 0) is 57.9 Å². The first-order chi connectivity index (χ1) is 12.8. The number of nitrogens with zero attached hydrogens (tertiary/aromatic N) is 2. The molecule has 7 nitrogen and oxygen atoms in total. The van der Waals surface area contributed by atoms with E-state index in [2.05, 4.69) is 0 Å². The second-order valence-corrected chi connectivity index (χ2v) is 9.14. The number of ether oxygens (including phenoxy) is 1. The zero-order valence-electron chi connectivity index (χ0n) is 16.8. The Morgan fingerprint density at radius 1 is 1.32 bits per heavy atom. The minimum atomic E-state index is -3.61. The van der Waals surface area contributed by atoms with Crippen LogP contribution in [0.4, 0.5) is 0 Å². The molecule has 160 valence electrons. The highest BCUT2D eigenvalue weighted by Crippen LogP contribution is 2.21. The number of hydrogen-bond acceptors (Lipinski definition) is 5. The minimum absolute atomic E-state index is 0. The van der Waals surface area contributed by atoms with Gasteiger partial charge in [0.25, 0.3) is 5.91 Å². The maximum Gasteiger partial charge on any atom is 0.253 e. The van der Waals surface area contributed by atoms with Crippen LogP contribution < -0.4 is 5.73 Å². The molecule has 0 aliphatic carbocycles. The van der Waals surface area contributed by atoms with Gasteiger partial charge in [0.1, 0.15) is 0 Å². The number of hydrogen-bond donors (Lipinski definition) is 1. The van der Waals surface area contributed by atoms with Crippen molar-refractivity contribution in [2.75, 3.05) is 33.3 Å². The Bertz CT molecular complexity index is 734. The standard InChI is InChI=1S/C19H31N3O4S.ClH/c1-15(2)21(3)27(24,25)18-7-4-6-16(14-18)19(23)22-11-8-17(9-12-22)26-13-5-10-20;/h4,6-7,14-15,17H,5,8-13,20H2,1-3H3;1H. The summed E-state index contributed by atoms with van der Waals surface area (Å²) >= 11 is 0. The molecule has 28 heavy (non-hydrogen) atoms. The third-order valence-corrected chi connectivity index (χ3v) is 6.95. The van der Waals surface area contributed by atoms with Crippen molar-refractivity contribution in [1.82, 2.24) is 9.21 Å². The van der Waals surface area contributed by atoms with Gasteiger partial charge in [0.2, 0.25) is 10.0 Å². The monoisotopic (exact) mass is 433 g/mol. The summed E-state index contributed by atoms with van der Waals surface area (Å²) in [6.45, 7) is 6.10. The quantitative estimate of drug-likeness (QED) is 0.634. The van der Waals surface area contributed by atoms with E-state index in [0.717, 1.165) is 19.3 Å². The lowest BCUT2D eigenvalue weighted by Gasteiger charge is -2.32. The second kappa shape index (κ2) is 11.1. The lowest BCUT2D eigenvalue weighted by molar-refractivity contribution is 0.00844. The van der Waals surface area contributed by atoms with Gasteiger partial charge in [-0.1, -0.05) is 6.07 Å². The minimum Gasteiger partial charge on any atom is -0.378 e. The first kappa shape index (κ1) is 24.8. The first-order valence-electron chi connectivity index (χ1n) is 9.46. The SMILES string of the molecule is CC(C)N(C)S(=O)(=O)c1cccc(C(=O)N2CCC(OCCCN)CC2)c1.Cl. The lowest BCUT2D eigenvalue weighted by Crippen LogP contribution is -2.41. The Labute approximate surface area is 174 Å². The van der Waals surface area contributed by atoms with Crippen molar-refractivity contribution in [3.05, 3.63) is 29.8 Å². The fraction of sp³-hybridized carbons (Fsp3) is 0.632. The van der Waals surface area contributed by atoms with Crippen LogP contribution in [-0.2, 0) is 14.8 Å². The molecule has 0 saturated carbocycles. The van der Waals surface area contributed by atoms with Crippen molar-refractivity contribution < 1.29 is 17.9 Å². The van der Waals surface area contributed by atoms with E-state index in [1.54, 1.807) is 24.1 Å². The van der Waals surface area contributed by atoms with E-state index in [0.29, 0.717) is 31.8 Å². The molecular formula is C19H32ClN3O4S. The summed E-state index contributed by atoms with van der Waals surface area (Å²) < 4.78 is 32.4. The van der Waals surface area contributed by atoms with E-state index >= 15 is 0 Å². The number of piperidine rings is 1. The Morgan fingerprint density at radius 2 is 1.96 bits per heavy atom. The average Bonchev–Trinajstić information content (AvgIpc) is 2.67. The van der Waals surface area contributed by atoms with Crippen LogP contribution in [0.2, 0.25) is 0 Å². The molecule has 0 aromatic heterocycles. The Kier molecular flexibility index (Phi) is 9.86. The molecule has 1 aromatic carbocycles. The fourth-order valence-corrected chi connectivity index (χ4v) is 4.39. The molecule has 1 aliphatic rings. The molecule has 0 bridgehead atoms. The molecule has 1 heterocycles. The molecule has 0 atom stereocenters. The third-order valence-electron chi connectivity index (χ3n) is 4.92. The largest absolute Gasteiger partial charge is 0.378 e. The number of carbonyl (C=O) groups excluding carboxylic acids is 1. The molecule has 2 rings (SSSR count). The topological polar surface area (TPSA) is 92.9 Å². The van der Waals surface area contributed by atoms with Crippen LogP contribution in [0.25, 0.3) is 0 Å². The number of likely N-dealkylation sites (tertiary alicyclic amines) is 1. The summed E-state index contributed by atoms with van der Waals surface area (Å²) in [5, 5.41) is 0. The molecular weight excluding hydrogens is 402 g/mol. The van der Waals surface area contributed by atoms with Gasteiger partial charge in [-0.3, -0.25) is 4.79 Å². The summed E-state index contributed by atoms with van der Waals surface area (Å²) in [6.07, 6.45) is 2.56. The van der Waals surface area contributed by atoms with Crippen LogP contribution in [0.1, 0.15) is 43.5 Å². The van der Waals surface area contributed by atoms with Gasteiger partial charge in [0.15, 0.2) is 0 Å². The van der Waals surface area contributed by atoms with Crippen molar-refractivity contribution in [3.8, 4) is 0 Å². The maximum atomic E-state index is 12.8. The van der Waals surface area contributed by atoms with Gasteiger partial charge in [-0.2, -0.15) is 4.31 Å². The van der Waals surface area contributed by atoms with Crippen LogP contribution in [0.5, 0.6) is 0 Å². The van der Waals surface area contributed by atoms with E-state index < -0.39 is 10.0 Å². The molecule has 2 N–H and O–H groups in total. The van der Waals surface area contributed by atoms with Crippen molar-refractivity contribution in [1.29, 1.82) is 0 Å². The van der Waals surface area contributed by atoms with Gasteiger partial charge in [0.05, 0.1) is 11.0 Å². The number of rotatable bonds is 8. The van der Waals surface area contributed by atoms with Crippen LogP contribution in [0.15, 0.2) is 29.2 Å². The smallest absolute Gasteiger partial charge is 0.253 e. The van der Waals surface area contributed by atoms with Crippen LogP contribution in [0.3, 0.4) is 0 Å². The number of nitrogens with two attached hydrogens (primary N) is 1. The van der Waals surface area contributed by atoms with Crippen LogP contribution >= 0.6 is 12.4 Å². The molecule has 1 aromatic rings.